The van der Waals surface area contributed by atoms with Gasteiger partial charge in [-0.3, -0.25) is 0 Å². The molecule has 2 aromatic carbocycles. The first-order valence-electron chi connectivity index (χ1n) is 11.5. The maximum Gasteiger partial charge on any atom is 0.181 e. The van der Waals surface area contributed by atoms with Gasteiger partial charge in [0.2, 0.25) is 0 Å². The van der Waals surface area contributed by atoms with E-state index in [4.69, 9.17) is 23.7 Å². The summed E-state index contributed by atoms with van der Waals surface area (Å²) < 4.78 is 41.6. The first-order valence-corrected chi connectivity index (χ1v) is 11.5. The van der Waals surface area contributed by atoms with Crippen molar-refractivity contribution < 1.29 is 33.2 Å². The van der Waals surface area contributed by atoms with Gasteiger partial charge < -0.3 is 28.8 Å². The Morgan fingerprint density at radius 2 is 1.42 bits per heavy atom. The van der Waals surface area contributed by atoms with Gasteiger partial charge >= 0.3 is 0 Å². The summed E-state index contributed by atoms with van der Waals surface area (Å²) in [6.45, 7) is 7.17. The van der Waals surface area contributed by atoms with Crippen molar-refractivity contribution in [1.29, 1.82) is 0 Å². The molecule has 2 aromatic rings. The first-order chi connectivity index (χ1) is 16.0. The highest BCUT2D eigenvalue weighted by Crippen LogP contribution is 2.24. The number of halogens is 1. The number of aliphatic hydroxyl groups is 1. The van der Waals surface area contributed by atoms with Crippen molar-refractivity contribution in [2.24, 2.45) is 5.92 Å². The second-order valence-electron chi connectivity index (χ2n) is 7.69. The Bertz CT molecular complexity index is 761. The number of ether oxygens (including phenoxy) is 5. The Kier molecular flexibility index (Phi) is 12.4. The Morgan fingerprint density at radius 1 is 0.818 bits per heavy atom. The maximum atomic E-state index is 13.3. The maximum absolute atomic E-state index is 13.3. The Hall–Kier alpha value is -2.03. The first kappa shape index (κ1) is 27.2. The molecule has 0 aliphatic carbocycles. The van der Waals surface area contributed by atoms with Crippen LogP contribution in [0.2, 0.25) is 0 Å². The van der Waals surface area contributed by atoms with E-state index in [2.05, 4.69) is 0 Å². The highest BCUT2D eigenvalue weighted by atomic mass is 19.1. The summed E-state index contributed by atoms with van der Waals surface area (Å²) in [4.78, 5) is 0. The fraction of sp³-hybridized carbons (Fsp3) is 0.538. The summed E-state index contributed by atoms with van der Waals surface area (Å²) >= 11 is 0. The highest BCUT2D eigenvalue weighted by molar-refractivity contribution is 5.26. The molecule has 2 rings (SSSR count). The van der Waals surface area contributed by atoms with Crippen LogP contribution in [0.5, 0.6) is 5.75 Å². The third kappa shape index (κ3) is 9.39. The Balaban J connectivity index is 2.10. The minimum absolute atomic E-state index is 0.0646. The molecule has 0 aliphatic rings. The Morgan fingerprint density at radius 3 is 1.97 bits per heavy atom. The molecule has 0 aliphatic heterocycles. The lowest BCUT2D eigenvalue weighted by Crippen LogP contribution is -2.41. The summed E-state index contributed by atoms with van der Waals surface area (Å²) in [6.07, 6.45) is -0.972. The van der Waals surface area contributed by atoms with E-state index < -0.39 is 18.7 Å². The molecule has 0 radical (unpaired) electrons. The van der Waals surface area contributed by atoms with Gasteiger partial charge in [-0.1, -0.05) is 37.6 Å². The van der Waals surface area contributed by atoms with Crippen LogP contribution in [0.3, 0.4) is 0 Å². The number of hydrogen-bond donors (Lipinski definition) is 1. The molecular weight excluding hydrogens is 427 g/mol. The van der Waals surface area contributed by atoms with Crippen molar-refractivity contribution >= 4 is 0 Å². The summed E-state index contributed by atoms with van der Waals surface area (Å²) in [5.41, 5.74) is 1.87. The topological polar surface area (TPSA) is 66.4 Å². The van der Waals surface area contributed by atoms with Crippen molar-refractivity contribution in [3.05, 3.63) is 65.5 Å². The van der Waals surface area contributed by atoms with Gasteiger partial charge in [0.1, 0.15) is 17.7 Å². The van der Waals surface area contributed by atoms with Gasteiger partial charge in [0.05, 0.1) is 20.3 Å². The van der Waals surface area contributed by atoms with Crippen LogP contribution in [-0.2, 0) is 32.0 Å². The summed E-state index contributed by atoms with van der Waals surface area (Å²) in [5.74, 6) is 0.410. The zero-order valence-electron chi connectivity index (χ0n) is 20.0. The number of benzene rings is 2. The van der Waals surface area contributed by atoms with E-state index in [9.17, 15) is 9.50 Å². The summed E-state index contributed by atoms with van der Waals surface area (Å²) in [6, 6.07) is 13.8. The largest absolute Gasteiger partial charge is 0.497 e. The van der Waals surface area contributed by atoms with Gasteiger partial charge in [-0.05, 0) is 61.6 Å². The normalized spacial score (nSPS) is 14.3. The van der Waals surface area contributed by atoms with Gasteiger partial charge in [0.25, 0.3) is 0 Å². The molecule has 0 aromatic heterocycles. The zero-order valence-corrected chi connectivity index (χ0v) is 20.0. The van der Waals surface area contributed by atoms with E-state index in [1.165, 1.54) is 12.1 Å². The molecule has 0 bridgehead atoms. The lowest BCUT2D eigenvalue weighted by Gasteiger charge is -2.32. The number of methoxy groups -OCH3 is 1. The molecule has 1 N–H and O–H groups in total. The number of rotatable bonds is 16. The second-order valence-corrected chi connectivity index (χ2v) is 7.69. The molecule has 0 fully saturated rings. The van der Waals surface area contributed by atoms with Crippen molar-refractivity contribution in [1.82, 2.24) is 0 Å². The van der Waals surface area contributed by atoms with E-state index in [1.807, 2.05) is 45.0 Å². The van der Waals surface area contributed by atoms with Crippen molar-refractivity contribution in [3.8, 4) is 5.75 Å². The second kappa shape index (κ2) is 15.0. The number of aliphatic hydroxyl groups excluding tert-OH is 1. The summed E-state index contributed by atoms with van der Waals surface area (Å²) in [5, 5.41) is 11.0. The fourth-order valence-corrected chi connectivity index (χ4v) is 3.57. The van der Waals surface area contributed by atoms with Crippen molar-refractivity contribution in [2.75, 3.05) is 26.9 Å². The molecule has 33 heavy (non-hydrogen) atoms. The molecule has 0 amide bonds. The summed E-state index contributed by atoms with van der Waals surface area (Å²) in [7, 11) is 1.61. The molecule has 3 atom stereocenters. The third-order valence-corrected chi connectivity index (χ3v) is 5.39. The molecule has 7 heteroatoms. The van der Waals surface area contributed by atoms with E-state index in [0.717, 1.165) is 23.3 Å². The van der Waals surface area contributed by atoms with Gasteiger partial charge in [-0.2, -0.15) is 0 Å². The quantitative estimate of drug-likeness (QED) is 0.363. The van der Waals surface area contributed by atoms with E-state index in [-0.39, 0.29) is 24.9 Å². The van der Waals surface area contributed by atoms with Crippen LogP contribution in [0.15, 0.2) is 48.5 Å². The lowest BCUT2D eigenvalue weighted by atomic mass is 9.91. The SMILES string of the molecule is CCOC(CO[C@H](C(O)OCc1ccc(OC)cc1)[C@@H](CC)Cc1ccc(F)cc1)OCC. The van der Waals surface area contributed by atoms with Gasteiger partial charge in [0.15, 0.2) is 12.6 Å². The molecule has 0 saturated carbocycles. The Labute approximate surface area is 196 Å². The standard InChI is InChI=1S/C26H37FO6/c1-5-21(16-19-8-12-22(27)13-9-19)25(32-18-24(30-6-2)31-7-3)26(28)33-17-20-10-14-23(29-4)15-11-20/h8-15,21,24-26,28H,5-7,16-18H2,1-4H3/t21-,25-,26?/m0/s1. The van der Waals surface area contributed by atoms with Crippen molar-refractivity contribution in [2.45, 2.75) is 58.9 Å². The van der Waals surface area contributed by atoms with Crippen LogP contribution in [0, 0.1) is 11.7 Å². The zero-order chi connectivity index (χ0) is 24.1. The van der Waals surface area contributed by atoms with Crippen LogP contribution in [0.1, 0.15) is 38.3 Å². The van der Waals surface area contributed by atoms with Gasteiger partial charge in [-0.25, -0.2) is 4.39 Å². The molecule has 6 nitrogen and oxygen atoms in total. The monoisotopic (exact) mass is 464 g/mol. The highest BCUT2D eigenvalue weighted by Gasteiger charge is 2.30. The van der Waals surface area contributed by atoms with Crippen LogP contribution < -0.4 is 4.74 Å². The van der Waals surface area contributed by atoms with E-state index >= 15 is 0 Å². The minimum atomic E-state index is -1.17. The lowest BCUT2D eigenvalue weighted by molar-refractivity contribution is -0.232. The third-order valence-electron chi connectivity index (χ3n) is 5.39. The van der Waals surface area contributed by atoms with E-state index in [0.29, 0.717) is 19.6 Å². The average Bonchev–Trinajstić information content (AvgIpc) is 2.83. The van der Waals surface area contributed by atoms with Crippen molar-refractivity contribution in [3.63, 3.8) is 0 Å². The minimum Gasteiger partial charge on any atom is -0.497 e. The average molecular weight is 465 g/mol. The molecule has 0 spiro atoms. The van der Waals surface area contributed by atoms with Crippen LogP contribution in [-0.4, -0.2) is 50.7 Å². The molecule has 0 saturated heterocycles. The molecule has 184 valence electrons. The number of hydrogen-bond acceptors (Lipinski definition) is 6. The van der Waals surface area contributed by atoms with E-state index in [1.54, 1.807) is 19.2 Å². The van der Waals surface area contributed by atoms with Gasteiger partial charge in [0, 0.05) is 13.2 Å². The van der Waals surface area contributed by atoms with Gasteiger partial charge in [-0.15, -0.1) is 0 Å². The van der Waals surface area contributed by atoms with Crippen LogP contribution >= 0.6 is 0 Å². The van der Waals surface area contributed by atoms with Crippen LogP contribution in [0.25, 0.3) is 0 Å². The molecule has 1 unspecified atom stereocenters. The van der Waals surface area contributed by atoms with Crippen LogP contribution in [0.4, 0.5) is 4.39 Å². The fourth-order valence-electron chi connectivity index (χ4n) is 3.57. The molecular formula is C26H37FO6. The predicted octanol–water partition coefficient (Wildman–Crippen LogP) is 4.72. The molecule has 0 heterocycles. The smallest absolute Gasteiger partial charge is 0.181 e. The predicted molar refractivity (Wildman–Crippen MR) is 124 cm³/mol.